The minimum Gasteiger partial charge on any atom is -0.465 e. The van der Waals surface area contributed by atoms with Gasteiger partial charge in [-0.15, -0.1) is 0 Å². The van der Waals surface area contributed by atoms with E-state index in [1.807, 2.05) is 5.48 Å². The molecule has 0 saturated carbocycles. The van der Waals surface area contributed by atoms with E-state index in [4.69, 9.17) is 5.21 Å². The van der Waals surface area contributed by atoms with E-state index in [-0.39, 0.29) is 21.9 Å². The van der Waals surface area contributed by atoms with Gasteiger partial charge in [0.1, 0.15) is 0 Å². The first-order valence-corrected chi connectivity index (χ1v) is 7.14. The molecule has 0 bridgehead atoms. The molecule has 0 aliphatic carbocycles. The Hall–Kier alpha value is -2.06. The van der Waals surface area contributed by atoms with Gasteiger partial charge in [-0.3, -0.25) is 20.3 Å². The van der Waals surface area contributed by atoms with Gasteiger partial charge in [0, 0.05) is 11.3 Å². The number of hydrogen-bond acceptors (Lipinski definition) is 7. The van der Waals surface area contributed by atoms with E-state index in [1.54, 1.807) is 0 Å². The van der Waals surface area contributed by atoms with Crippen molar-refractivity contribution in [1.82, 2.24) is 5.32 Å². The zero-order chi connectivity index (χ0) is 15.4. The number of thioether (sulfide) groups is 1. The summed E-state index contributed by atoms with van der Waals surface area (Å²) in [6, 6.07) is 3.54. The van der Waals surface area contributed by atoms with Crippen LogP contribution in [0.25, 0.3) is 0 Å². The van der Waals surface area contributed by atoms with E-state index in [9.17, 15) is 14.4 Å². The lowest BCUT2D eigenvalue weighted by atomic mass is 10.1. The summed E-state index contributed by atoms with van der Waals surface area (Å²) in [6.45, 7) is 0. The zero-order valence-electron chi connectivity index (χ0n) is 11.2. The largest absolute Gasteiger partial charge is 0.465 e. The maximum atomic E-state index is 12.1. The number of rotatable bonds is 4. The van der Waals surface area contributed by atoms with Crippen molar-refractivity contribution in [1.29, 1.82) is 0 Å². The van der Waals surface area contributed by atoms with Crippen molar-refractivity contribution in [2.24, 2.45) is 0 Å². The number of amides is 1. The molecule has 1 aliphatic heterocycles. The summed E-state index contributed by atoms with van der Waals surface area (Å²) in [6.07, 6.45) is 0.580. The summed E-state index contributed by atoms with van der Waals surface area (Å²) < 4.78 is 4.58. The Kier molecular flexibility index (Phi) is 4.81. The summed E-state index contributed by atoms with van der Waals surface area (Å²) in [7, 11) is 1.22. The first-order chi connectivity index (χ1) is 10.0. The summed E-state index contributed by atoms with van der Waals surface area (Å²) in [4.78, 5) is 35.2. The number of nitrogens with one attached hydrogen (secondary N) is 2. The van der Waals surface area contributed by atoms with E-state index in [0.717, 1.165) is 0 Å². The molecule has 21 heavy (non-hydrogen) atoms. The highest BCUT2D eigenvalue weighted by Crippen LogP contribution is 2.21. The third kappa shape index (κ3) is 3.53. The lowest BCUT2D eigenvalue weighted by Gasteiger charge is -2.12. The first-order valence-electron chi connectivity index (χ1n) is 6.16. The SMILES string of the molecule is COC(=O)c1cc(NO)cc(C(=O)NC2CCSC2=O)c1. The van der Waals surface area contributed by atoms with Gasteiger partial charge in [0.25, 0.3) is 5.91 Å². The van der Waals surface area contributed by atoms with Gasteiger partial charge in [-0.05, 0) is 24.6 Å². The normalized spacial score (nSPS) is 17.4. The van der Waals surface area contributed by atoms with E-state index < -0.39 is 17.9 Å². The molecule has 1 amide bonds. The molecule has 1 aromatic rings. The molecule has 1 saturated heterocycles. The molecule has 1 aromatic carbocycles. The Bertz CT molecular complexity index is 590. The van der Waals surface area contributed by atoms with Crippen LogP contribution in [-0.4, -0.2) is 41.1 Å². The Labute approximate surface area is 125 Å². The summed E-state index contributed by atoms with van der Waals surface area (Å²) in [5.41, 5.74) is 2.33. The van der Waals surface area contributed by atoms with Crippen LogP contribution in [-0.2, 0) is 9.53 Å². The van der Waals surface area contributed by atoms with Crippen LogP contribution in [0.3, 0.4) is 0 Å². The second kappa shape index (κ2) is 6.59. The number of benzene rings is 1. The highest BCUT2D eigenvalue weighted by molar-refractivity contribution is 8.14. The maximum Gasteiger partial charge on any atom is 0.337 e. The fourth-order valence-electron chi connectivity index (χ4n) is 1.93. The minimum absolute atomic E-state index is 0.0759. The molecule has 0 radical (unpaired) electrons. The average Bonchev–Trinajstić information content (AvgIpc) is 2.90. The van der Waals surface area contributed by atoms with Gasteiger partial charge in [0.2, 0.25) is 5.12 Å². The van der Waals surface area contributed by atoms with E-state index >= 15 is 0 Å². The van der Waals surface area contributed by atoms with E-state index in [0.29, 0.717) is 12.2 Å². The quantitative estimate of drug-likeness (QED) is 0.563. The number of carbonyl (C=O) groups is 3. The molecule has 0 spiro atoms. The second-order valence-corrected chi connectivity index (χ2v) is 5.48. The van der Waals surface area contributed by atoms with Crippen LogP contribution in [0.15, 0.2) is 18.2 Å². The lowest BCUT2D eigenvalue weighted by Crippen LogP contribution is -2.37. The van der Waals surface area contributed by atoms with Gasteiger partial charge in [0.15, 0.2) is 0 Å². The maximum absolute atomic E-state index is 12.1. The Balaban J connectivity index is 2.23. The van der Waals surface area contributed by atoms with Crippen molar-refractivity contribution in [2.45, 2.75) is 12.5 Å². The van der Waals surface area contributed by atoms with E-state index in [2.05, 4.69) is 10.1 Å². The Morgan fingerprint density at radius 2 is 2.05 bits per heavy atom. The van der Waals surface area contributed by atoms with Gasteiger partial charge < -0.3 is 10.1 Å². The molecule has 8 heteroatoms. The van der Waals surface area contributed by atoms with Crippen molar-refractivity contribution in [3.63, 3.8) is 0 Å². The number of carbonyl (C=O) groups excluding carboxylic acids is 3. The predicted octanol–water partition coefficient (Wildman–Crippen LogP) is 1.04. The molecule has 112 valence electrons. The van der Waals surface area contributed by atoms with Crippen molar-refractivity contribution in [3.8, 4) is 0 Å². The number of esters is 1. The first kappa shape index (κ1) is 15.3. The second-order valence-electron chi connectivity index (χ2n) is 4.38. The number of hydrogen-bond donors (Lipinski definition) is 3. The van der Waals surface area contributed by atoms with Gasteiger partial charge in [-0.2, -0.15) is 0 Å². The van der Waals surface area contributed by atoms with E-state index in [1.165, 1.54) is 37.1 Å². The molecule has 1 heterocycles. The highest BCUT2D eigenvalue weighted by Gasteiger charge is 2.27. The van der Waals surface area contributed by atoms with Crippen LogP contribution in [0.5, 0.6) is 0 Å². The molecule has 7 nitrogen and oxygen atoms in total. The van der Waals surface area contributed by atoms with Crippen LogP contribution in [0, 0.1) is 0 Å². The average molecular weight is 310 g/mol. The highest BCUT2D eigenvalue weighted by atomic mass is 32.2. The molecule has 0 aromatic heterocycles. The molecule has 1 fully saturated rings. The third-order valence-corrected chi connectivity index (χ3v) is 3.99. The van der Waals surface area contributed by atoms with Crippen LogP contribution >= 0.6 is 11.8 Å². The van der Waals surface area contributed by atoms with Gasteiger partial charge in [-0.1, -0.05) is 11.8 Å². The lowest BCUT2D eigenvalue weighted by molar-refractivity contribution is -0.112. The van der Waals surface area contributed by atoms with Gasteiger partial charge >= 0.3 is 5.97 Å². The topological polar surface area (TPSA) is 105 Å². The molecule has 1 atom stereocenters. The third-order valence-electron chi connectivity index (χ3n) is 2.99. The summed E-state index contributed by atoms with van der Waals surface area (Å²) in [5, 5.41) is 11.5. The molecule has 2 rings (SSSR count). The van der Waals surface area contributed by atoms with Crippen molar-refractivity contribution < 1.29 is 24.3 Å². The van der Waals surface area contributed by atoms with Crippen LogP contribution in [0.1, 0.15) is 27.1 Å². The summed E-state index contributed by atoms with van der Waals surface area (Å²) >= 11 is 1.18. The minimum atomic E-state index is -0.631. The van der Waals surface area contributed by atoms with Crippen LogP contribution in [0.2, 0.25) is 0 Å². The monoisotopic (exact) mass is 310 g/mol. The molecule has 1 unspecified atom stereocenters. The standard InChI is InChI=1S/C13H14N2O5S/c1-20-12(17)8-4-7(5-9(6-8)15-19)11(16)14-10-2-3-21-13(10)18/h4-6,10,15,19H,2-3H2,1H3,(H,14,16). The Morgan fingerprint density at radius 3 is 2.62 bits per heavy atom. The fourth-order valence-corrected chi connectivity index (χ4v) is 2.86. The number of methoxy groups -OCH3 is 1. The number of anilines is 1. The van der Waals surface area contributed by atoms with Gasteiger partial charge in [-0.25, -0.2) is 4.79 Å². The molecule has 3 N–H and O–H groups in total. The smallest absolute Gasteiger partial charge is 0.337 e. The van der Waals surface area contributed by atoms with Crippen molar-refractivity contribution in [2.75, 3.05) is 18.3 Å². The van der Waals surface area contributed by atoms with Crippen molar-refractivity contribution in [3.05, 3.63) is 29.3 Å². The Morgan fingerprint density at radius 1 is 1.33 bits per heavy atom. The molecular weight excluding hydrogens is 296 g/mol. The summed E-state index contributed by atoms with van der Waals surface area (Å²) in [5.74, 6) is -0.443. The van der Waals surface area contributed by atoms with Crippen LogP contribution in [0.4, 0.5) is 5.69 Å². The van der Waals surface area contributed by atoms with Gasteiger partial charge in [0.05, 0.1) is 24.4 Å². The fraction of sp³-hybridized carbons (Fsp3) is 0.308. The predicted molar refractivity (Wildman–Crippen MR) is 76.5 cm³/mol. The molecule has 1 aliphatic rings. The zero-order valence-corrected chi connectivity index (χ0v) is 12.0. The number of ether oxygens (including phenoxy) is 1. The van der Waals surface area contributed by atoms with Crippen LogP contribution < -0.4 is 10.8 Å². The molecular formula is C13H14N2O5S. The van der Waals surface area contributed by atoms with Crippen molar-refractivity contribution >= 4 is 34.4 Å².